The summed E-state index contributed by atoms with van der Waals surface area (Å²) < 4.78 is 5.48. The Balaban J connectivity index is 1.64. The highest BCUT2D eigenvalue weighted by atomic mass is 16.6. The molecule has 0 radical (unpaired) electrons. The molecule has 4 rings (SSSR count). The molecular formula is C15H22N4O2. The zero-order valence-electron chi connectivity index (χ0n) is 13.0. The van der Waals surface area contributed by atoms with Crippen LogP contribution < -0.4 is 4.90 Å². The van der Waals surface area contributed by atoms with Crippen LogP contribution in [0.1, 0.15) is 32.9 Å². The van der Waals surface area contributed by atoms with Crippen LogP contribution in [0.5, 0.6) is 0 Å². The van der Waals surface area contributed by atoms with Crippen molar-refractivity contribution in [2.45, 2.75) is 51.8 Å². The van der Waals surface area contributed by atoms with E-state index in [1.54, 1.807) is 12.4 Å². The summed E-state index contributed by atoms with van der Waals surface area (Å²) in [4.78, 5) is 25.0. The smallest absolute Gasteiger partial charge is 0.410 e. The number of aromatic nitrogens is 2. The van der Waals surface area contributed by atoms with E-state index in [2.05, 4.69) is 14.9 Å². The van der Waals surface area contributed by atoms with Gasteiger partial charge in [-0.3, -0.25) is 9.88 Å². The third kappa shape index (κ3) is 2.80. The normalized spacial score (nSPS) is 24.6. The molecule has 6 nitrogen and oxygen atoms in total. The molecule has 0 aliphatic carbocycles. The van der Waals surface area contributed by atoms with Crippen molar-refractivity contribution in [3.05, 3.63) is 18.1 Å². The summed E-state index contributed by atoms with van der Waals surface area (Å²) in [7, 11) is 0. The van der Waals surface area contributed by atoms with Gasteiger partial charge in [0.2, 0.25) is 0 Å². The average molecular weight is 290 g/mol. The van der Waals surface area contributed by atoms with Crippen LogP contribution in [0.4, 0.5) is 10.6 Å². The molecule has 114 valence electrons. The second kappa shape index (κ2) is 4.86. The second-order valence-corrected chi connectivity index (χ2v) is 6.85. The van der Waals surface area contributed by atoms with Crippen LogP contribution in [0.3, 0.4) is 0 Å². The van der Waals surface area contributed by atoms with Crippen LogP contribution in [0.2, 0.25) is 0 Å². The van der Waals surface area contributed by atoms with E-state index in [4.69, 9.17) is 4.74 Å². The molecule has 3 fully saturated rings. The van der Waals surface area contributed by atoms with Gasteiger partial charge in [-0.25, -0.2) is 9.78 Å². The van der Waals surface area contributed by atoms with Gasteiger partial charge in [0.05, 0.1) is 30.2 Å². The molecule has 3 aliphatic heterocycles. The Labute approximate surface area is 125 Å². The van der Waals surface area contributed by atoms with Crippen molar-refractivity contribution in [2.75, 3.05) is 18.0 Å². The van der Waals surface area contributed by atoms with Crippen molar-refractivity contribution >= 4 is 11.9 Å². The summed E-state index contributed by atoms with van der Waals surface area (Å²) in [5.41, 5.74) is 0.472. The van der Waals surface area contributed by atoms with E-state index in [9.17, 15) is 4.79 Å². The molecule has 1 aromatic heterocycles. The van der Waals surface area contributed by atoms with Crippen molar-refractivity contribution in [3.8, 4) is 0 Å². The highest BCUT2D eigenvalue weighted by molar-refractivity contribution is 5.71. The van der Waals surface area contributed by atoms with Crippen LogP contribution in [0.15, 0.2) is 12.4 Å². The molecule has 2 atom stereocenters. The minimum Gasteiger partial charge on any atom is -0.444 e. The Morgan fingerprint density at radius 3 is 2.43 bits per heavy atom. The van der Waals surface area contributed by atoms with E-state index in [-0.39, 0.29) is 18.2 Å². The topological polar surface area (TPSA) is 58.6 Å². The highest BCUT2D eigenvalue weighted by Crippen LogP contribution is 2.35. The molecule has 2 unspecified atom stereocenters. The zero-order valence-corrected chi connectivity index (χ0v) is 13.0. The Kier molecular flexibility index (Phi) is 3.26. The molecule has 0 aromatic carbocycles. The Morgan fingerprint density at radius 1 is 1.24 bits per heavy atom. The van der Waals surface area contributed by atoms with E-state index in [0.29, 0.717) is 0 Å². The summed E-state index contributed by atoms with van der Waals surface area (Å²) in [6.07, 6.45) is 4.44. The predicted octanol–water partition coefficient (Wildman–Crippen LogP) is 1.98. The number of piperidine rings is 1. The van der Waals surface area contributed by atoms with E-state index in [1.165, 1.54) is 0 Å². The molecule has 3 saturated heterocycles. The average Bonchev–Trinajstić information content (AvgIpc) is 2.37. The maximum absolute atomic E-state index is 12.2. The highest BCUT2D eigenvalue weighted by Gasteiger charge is 2.49. The van der Waals surface area contributed by atoms with Crippen LogP contribution in [-0.4, -0.2) is 51.7 Å². The fourth-order valence-electron chi connectivity index (χ4n) is 2.96. The number of piperazine rings is 1. The van der Waals surface area contributed by atoms with Crippen LogP contribution in [-0.2, 0) is 4.74 Å². The minimum absolute atomic E-state index is 0.196. The number of anilines is 1. The van der Waals surface area contributed by atoms with Crippen molar-refractivity contribution < 1.29 is 9.53 Å². The first kappa shape index (κ1) is 14.1. The van der Waals surface area contributed by atoms with E-state index >= 15 is 0 Å². The molecule has 2 bridgehead atoms. The molecule has 1 amide bonds. The molecule has 21 heavy (non-hydrogen) atoms. The monoisotopic (exact) mass is 290 g/mol. The van der Waals surface area contributed by atoms with Crippen LogP contribution in [0.25, 0.3) is 0 Å². The molecule has 0 spiro atoms. The van der Waals surface area contributed by atoms with Gasteiger partial charge in [0.1, 0.15) is 11.4 Å². The fourth-order valence-corrected chi connectivity index (χ4v) is 2.96. The number of aryl methyl sites for hydroxylation is 1. The number of rotatable bonds is 1. The number of amides is 1. The molecule has 4 heterocycles. The summed E-state index contributed by atoms with van der Waals surface area (Å²) in [5, 5.41) is 0. The summed E-state index contributed by atoms with van der Waals surface area (Å²) in [6.45, 7) is 9.22. The van der Waals surface area contributed by atoms with E-state index < -0.39 is 5.60 Å². The largest absolute Gasteiger partial charge is 0.444 e. The minimum atomic E-state index is -0.441. The Bertz CT molecular complexity index is 526. The van der Waals surface area contributed by atoms with Gasteiger partial charge in [0.25, 0.3) is 0 Å². The number of hydrogen-bond donors (Lipinski definition) is 0. The zero-order chi connectivity index (χ0) is 15.2. The van der Waals surface area contributed by atoms with Gasteiger partial charge in [-0.05, 0) is 34.1 Å². The van der Waals surface area contributed by atoms with Gasteiger partial charge in [-0.15, -0.1) is 0 Å². The van der Waals surface area contributed by atoms with Crippen LogP contribution >= 0.6 is 0 Å². The molecule has 6 heteroatoms. The Hall–Kier alpha value is -1.85. The van der Waals surface area contributed by atoms with Gasteiger partial charge in [0, 0.05) is 13.1 Å². The number of fused-ring (bicyclic) bond motifs is 2. The molecule has 3 aliphatic rings. The number of carbonyl (C=O) groups is 1. The summed E-state index contributed by atoms with van der Waals surface area (Å²) in [6, 6.07) is 0.448. The first-order valence-electron chi connectivity index (χ1n) is 7.38. The SMILES string of the molecule is Cc1cnc(N2CC3CC(C2)N3C(=O)OC(C)(C)C)cn1. The number of ether oxygens (including phenoxy) is 1. The van der Waals surface area contributed by atoms with Gasteiger partial charge >= 0.3 is 6.09 Å². The number of nitrogens with zero attached hydrogens (tertiary/aromatic N) is 4. The lowest BCUT2D eigenvalue weighted by atomic mass is 9.88. The van der Waals surface area contributed by atoms with Crippen molar-refractivity contribution in [1.82, 2.24) is 14.9 Å². The maximum atomic E-state index is 12.2. The standard InChI is InChI=1S/C15H22N4O2/c1-10-6-17-13(7-16-10)18-8-11-5-12(9-18)19(11)14(20)21-15(2,3)4/h6-7,11-12H,5,8-9H2,1-4H3. The van der Waals surface area contributed by atoms with E-state index in [1.807, 2.05) is 32.6 Å². The lowest BCUT2D eigenvalue weighted by Crippen LogP contribution is -2.70. The molecular weight excluding hydrogens is 268 g/mol. The molecule has 1 aromatic rings. The van der Waals surface area contributed by atoms with Gasteiger partial charge < -0.3 is 9.64 Å². The number of hydrogen-bond acceptors (Lipinski definition) is 5. The third-order valence-electron chi connectivity index (χ3n) is 3.89. The third-order valence-corrected chi connectivity index (χ3v) is 3.89. The van der Waals surface area contributed by atoms with Crippen LogP contribution in [0, 0.1) is 6.92 Å². The lowest BCUT2D eigenvalue weighted by molar-refractivity contribution is -0.0380. The summed E-state index contributed by atoms with van der Waals surface area (Å²) in [5.74, 6) is 0.888. The van der Waals surface area contributed by atoms with Gasteiger partial charge in [0.15, 0.2) is 0 Å². The first-order chi connectivity index (χ1) is 9.83. The van der Waals surface area contributed by atoms with E-state index in [0.717, 1.165) is 31.0 Å². The van der Waals surface area contributed by atoms with Crippen molar-refractivity contribution in [2.24, 2.45) is 0 Å². The molecule has 0 N–H and O–H groups in total. The first-order valence-corrected chi connectivity index (χ1v) is 7.38. The van der Waals surface area contributed by atoms with Crippen molar-refractivity contribution in [1.29, 1.82) is 0 Å². The van der Waals surface area contributed by atoms with Crippen molar-refractivity contribution in [3.63, 3.8) is 0 Å². The van der Waals surface area contributed by atoms with Gasteiger partial charge in [-0.2, -0.15) is 0 Å². The quantitative estimate of drug-likeness (QED) is 0.791. The Morgan fingerprint density at radius 2 is 1.90 bits per heavy atom. The lowest BCUT2D eigenvalue weighted by Gasteiger charge is -2.55. The maximum Gasteiger partial charge on any atom is 0.410 e. The fraction of sp³-hybridized carbons (Fsp3) is 0.667. The molecule has 0 saturated carbocycles. The second-order valence-electron chi connectivity index (χ2n) is 6.85. The summed E-state index contributed by atoms with van der Waals surface area (Å²) >= 11 is 0. The number of carbonyl (C=O) groups excluding carboxylic acids is 1. The van der Waals surface area contributed by atoms with Gasteiger partial charge in [-0.1, -0.05) is 0 Å². The predicted molar refractivity (Wildman–Crippen MR) is 79.2 cm³/mol.